The summed E-state index contributed by atoms with van der Waals surface area (Å²) in [5, 5.41) is 0. The summed E-state index contributed by atoms with van der Waals surface area (Å²) in [6.45, 7) is 5.36. The minimum atomic E-state index is -3.48. The molecule has 0 saturated heterocycles. The van der Waals surface area contributed by atoms with Crippen molar-refractivity contribution < 1.29 is 43.5 Å². The zero-order valence-corrected chi connectivity index (χ0v) is 10.6. The van der Waals surface area contributed by atoms with Crippen molar-refractivity contribution in [2.24, 2.45) is 5.92 Å². The van der Waals surface area contributed by atoms with Crippen LogP contribution < -0.4 is 34.5 Å². The molecule has 62 valence electrons. The molecular formula is C6H14NaO3P. The molecule has 0 fully saturated rings. The fraction of sp³-hybridized carbons (Fsp3) is 1.00. The second-order valence-corrected chi connectivity index (χ2v) is 4.38. The molecule has 3 nitrogen and oxygen atoms in total. The Morgan fingerprint density at radius 1 is 1.64 bits per heavy atom. The Bertz CT molecular complexity index is 134. The molecule has 0 aliphatic rings. The zero-order chi connectivity index (χ0) is 8.20. The van der Waals surface area contributed by atoms with Crippen molar-refractivity contribution in [2.75, 3.05) is 13.3 Å². The zero-order valence-electron chi connectivity index (χ0n) is 7.66. The fourth-order valence-electron chi connectivity index (χ4n) is 0.380. The first-order chi connectivity index (χ1) is 4.45. The molecule has 0 aliphatic carbocycles. The summed E-state index contributed by atoms with van der Waals surface area (Å²) < 4.78 is 15.0. The molecule has 0 bridgehead atoms. The van der Waals surface area contributed by atoms with Crippen molar-refractivity contribution >= 4 is 7.60 Å². The number of rotatable bonds is 4. The third-order valence-corrected chi connectivity index (χ3v) is 1.91. The third kappa shape index (κ3) is 11.1. The van der Waals surface area contributed by atoms with Gasteiger partial charge in [-0.1, -0.05) is 20.3 Å². The van der Waals surface area contributed by atoms with E-state index in [1.54, 1.807) is 0 Å². The van der Waals surface area contributed by atoms with E-state index in [-0.39, 0.29) is 29.6 Å². The number of hydrogen-bond donors (Lipinski definition) is 0. The maximum absolute atomic E-state index is 10.5. The summed E-state index contributed by atoms with van der Waals surface area (Å²) in [6.07, 6.45) is 0.944. The van der Waals surface area contributed by atoms with E-state index in [1.165, 1.54) is 0 Å². The van der Waals surface area contributed by atoms with Crippen LogP contribution in [0.15, 0.2) is 0 Å². The van der Waals surface area contributed by atoms with Crippen LogP contribution in [-0.2, 0) is 9.09 Å². The van der Waals surface area contributed by atoms with Crippen LogP contribution in [0.2, 0.25) is 0 Å². The van der Waals surface area contributed by atoms with Crippen LogP contribution in [0.25, 0.3) is 0 Å². The van der Waals surface area contributed by atoms with E-state index in [4.69, 9.17) is 0 Å². The SMILES string of the molecule is CCC(C)COP(C)(=O)[O-].[Na+]. The van der Waals surface area contributed by atoms with Crippen LogP contribution in [0.5, 0.6) is 0 Å². The smallest absolute Gasteiger partial charge is 0.779 e. The van der Waals surface area contributed by atoms with Crippen molar-refractivity contribution in [1.82, 2.24) is 0 Å². The first-order valence-electron chi connectivity index (χ1n) is 3.38. The average Bonchev–Trinajstić information content (AvgIpc) is 1.81. The van der Waals surface area contributed by atoms with Crippen LogP contribution in [0.4, 0.5) is 0 Å². The van der Waals surface area contributed by atoms with Crippen molar-refractivity contribution in [3.63, 3.8) is 0 Å². The molecule has 0 aromatic heterocycles. The summed E-state index contributed by atoms with van der Waals surface area (Å²) >= 11 is 0. The second-order valence-electron chi connectivity index (χ2n) is 2.58. The Labute approximate surface area is 90.3 Å². The average molecular weight is 188 g/mol. The molecule has 2 atom stereocenters. The van der Waals surface area contributed by atoms with E-state index < -0.39 is 7.60 Å². The van der Waals surface area contributed by atoms with Crippen molar-refractivity contribution in [2.45, 2.75) is 20.3 Å². The van der Waals surface area contributed by atoms with Crippen molar-refractivity contribution in [3.05, 3.63) is 0 Å². The topological polar surface area (TPSA) is 49.4 Å². The molecule has 0 amide bonds. The number of hydrogen-bond acceptors (Lipinski definition) is 3. The molecule has 0 rings (SSSR count). The van der Waals surface area contributed by atoms with Crippen LogP contribution in [0, 0.1) is 5.92 Å². The molecule has 5 heteroatoms. The summed E-state index contributed by atoms with van der Waals surface area (Å²) in [6, 6.07) is 0. The van der Waals surface area contributed by atoms with Gasteiger partial charge in [0, 0.05) is 6.66 Å². The van der Waals surface area contributed by atoms with E-state index in [0.29, 0.717) is 12.5 Å². The van der Waals surface area contributed by atoms with Gasteiger partial charge in [-0.05, 0) is 5.92 Å². The van der Waals surface area contributed by atoms with E-state index in [1.807, 2.05) is 13.8 Å². The quantitative estimate of drug-likeness (QED) is 0.388. The van der Waals surface area contributed by atoms with Gasteiger partial charge in [0.2, 0.25) is 0 Å². The molecule has 0 heterocycles. The predicted molar refractivity (Wildman–Crippen MR) is 38.9 cm³/mol. The largest absolute Gasteiger partial charge is 1.00 e. The van der Waals surface area contributed by atoms with Gasteiger partial charge in [0.05, 0.1) is 6.61 Å². The monoisotopic (exact) mass is 188 g/mol. The summed E-state index contributed by atoms with van der Waals surface area (Å²) in [4.78, 5) is 10.5. The molecule has 0 saturated carbocycles. The molecule has 0 N–H and O–H groups in total. The molecule has 0 aromatic rings. The summed E-state index contributed by atoms with van der Waals surface area (Å²) in [5.74, 6) is 0.322. The van der Waals surface area contributed by atoms with E-state index in [0.717, 1.165) is 13.1 Å². The van der Waals surface area contributed by atoms with Gasteiger partial charge < -0.3 is 14.0 Å². The van der Waals surface area contributed by atoms with E-state index in [2.05, 4.69) is 4.52 Å². The van der Waals surface area contributed by atoms with E-state index >= 15 is 0 Å². The first kappa shape index (κ1) is 14.7. The summed E-state index contributed by atoms with van der Waals surface area (Å²) in [7, 11) is -3.48. The minimum Gasteiger partial charge on any atom is -0.779 e. The molecule has 2 unspecified atom stereocenters. The maximum atomic E-state index is 10.5. The molecular weight excluding hydrogens is 174 g/mol. The first-order valence-corrected chi connectivity index (χ1v) is 5.37. The molecule has 11 heavy (non-hydrogen) atoms. The van der Waals surface area contributed by atoms with Crippen molar-refractivity contribution in [3.8, 4) is 0 Å². The molecule has 0 radical (unpaired) electrons. The molecule has 0 aromatic carbocycles. The normalized spacial score (nSPS) is 18.2. The Morgan fingerprint density at radius 2 is 2.09 bits per heavy atom. The van der Waals surface area contributed by atoms with Gasteiger partial charge in [-0.2, -0.15) is 0 Å². The Morgan fingerprint density at radius 3 is 2.36 bits per heavy atom. The fourth-order valence-corrected chi connectivity index (χ4v) is 0.906. The minimum absolute atomic E-state index is 0. The van der Waals surface area contributed by atoms with Gasteiger partial charge in [0.1, 0.15) is 7.60 Å². The van der Waals surface area contributed by atoms with Crippen LogP contribution in [0.1, 0.15) is 20.3 Å². The summed E-state index contributed by atoms with van der Waals surface area (Å²) in [5.41, 5.74) is 0. The maximum Gasteiger partial charge on any atom is 1.00 e. The Kier molecular flexibility index (Phi) is 8.85. The molecule has 0 spiro atoms. The van der Waals surface area contributed by atoms with Gasteiger partial charge >= 0.3 is 29.6 Å². The van der Waals surface area contributed by atoms with Crippen molar-refractivity contribution in [1.29, 1.82) is 0 Å². The standard InChI is InChI=1S/C6H15O3P.Na/c1-4-6(2)5-9-10(3,7)8;/h6H,4-5H2,1-3H3,(H,7,8);/q;+1/p-1. The van der Waals surface area contributed by atoms with Gasteiger partial charge in [-0.3, -0.25) is 0 Å². The Balaban J connectivity index is 0. The van der Waals surface area contributed by atoms with Crippen LogP contribution in [-0.4, -0.2) is 13.3 Å². The van der Waals surface area contributed by atoms with Gasteiger partial charge in [0.15, 0.2) is 0 Å². The molecule has 0 aliphatic heterocycles. The van der Waals surface area contributed by atoms with Gasteiger partial charge in [-0.25, -0.2) is 0 Å². The van der Waals surface area contributed by atoms with Gasteiger partial charge in [-0.15, -0.1) is 0 Å². The van der Waals surface area contributed by atoms with Crippen LogP contribution >= 0.6 is 7.60 Å². The van der Waals surface area contributed by atoms with Crippen LogP contribution in [0.3, 0.4) is 0 Å². The predicted octanol–water partition coefficient (Wildman–Crippen LogP) is -1.76. The second kappa shape index (κ2) is 6.64. The van der Waals surface area contributed by atoms with Gasteiger partial charge in [0.25, 0.3) is 0 Å². The third-order valence-electron chi connectivity index (χ3n) is 1.29. The Hall–Kier alpha value is 1.15. The van der Waals surface area contributed by atoms with E-state index in [9.17, 15) is 9.46 Å².